The monoisotopic (exact) mass is 238 g/mol. The van der Waals surface area contributed by atoms with E-state index in [1.54, 1.807) is 6.20 Å². The standard InChI is InChI=1S/C10H14N4OS/c1-6-2-7-3-11-4-8(7)14(6)10(15)9-5-12-13-16-9/h5-8,11H,2-4H2,1H3. The van der Waals surface area contributed by atoms with E-state index in [2.05, 4.69) is 21.8 Å². The average molecular weight is 238 g/mol. The fourth-order valence-corrected chi connectivity index (χ4v) is 3.36. The molecule has 0 radical (unpaired) electrons. The molecule has 2 fully saturated rings. The topological polar surface area (TPSA) is 58.1 Å². The van der Waals surface area contributed by atoms with E-state index in [1.165, 1.54) is 11.5 Å². The first-order valence-corrected chi connectivity index (χ1v) is 6.35. The fourth-order valence-electron chi connectivity index (χ4n) is 2.90. The zero-order chi connectivity index (χ0) is 11.1. The molecule has 0 bridgehead atoms. The van der Waals surface area contributed by atoms with Gasteiger partial charge in [0.05, 0.1) is 6.20 Å². The molecule has 2 saturated heterocycles. The van der Waals surface area contributed by atoms with Gasteiger partial charge in [-0.15, -0.1) is 5.10 Å². The summed E-state index contributed by atoms with van der Waals surface area (Å²) in [5.41, 5.74) is 0. The number of aromatic nitrogens is 2. The summed E-state index contributed by atoms with van der Waals surface area (Å²) >= 11 is 1.18. The number of hydrogen-bond donors (Lipinski definition) is 1. The molecule has 16 heavy (non-hydrogen) atoms. The van der Waals surface area contributed by atoms with Crippen LogP contribution >= 0.6 is 11.5 Å². The Labute approximate surface area is 98.0 Å². The summed E-state index contributed by atoms with van der Waals surface area (Å²) in [6, 6.07) is 0.705. The van der Waals surface area contributed by atoms with Gasteiger partial charge in [-0.05, 0) is 30.8 Å². The molecular formula is C10H14N4OS. The van der Waals surface area contributed by atoms with Crippen LogP contribution in [0, 0.1) is 5.92 Å². The van der Waals surface area contributed by atoms with Gasteiger partial charge in [0, 0.05) is 25.2 Å². The number of amides is 1. The molecule has 2 aliphatic rings. The molecule has 2 aliphatic heterocycles. The van der Waals surface area contributed by atoms with Gasteiger partial charge in [0.25, 0.3) is 5.91 Å². The van der Waals surface area contributed by atoms with Gasteiger partial charge in [0.2, 0.25) is 0 Å². The molecule has 1 aromatic heterocycles. The number of rotatable bonds is 1. The number of fused-ring (bicyclic) bond motifs is 1. The van der Waals surface area contributed by atoms with Crippen LogP contribution in [0.5, 0.6) is 0 Å². The van der Waals surface area contributed by atoms with Crippen LogP contribution in [0.25, 0.3) is 0 Å². The Morgan fingerprint density at radius 3 is 3.25 bits per heavy atom. The zero-order valence-corrected chi connectivity index (χ0v) is 9.91. The maximum absolute atomic E-state index is 12.3. The molecule has 3 atom stereocenters. The van der Waals surface area contributed by atoms with Gasteiger partial charge in [-0.25, -0.2) is 0 Å². The third kappa shape index (κ3) is 1.44. The third-order valence-corrected chi connectivity index (χ3v) is 4.24. The van der Waals surface area contributed by atoms with Crippen molar-refractivity contribution < 1.29 is 4.79 Å². The van der Waals surface area contributed by atoms with Crippen LogP contribution in [0.3, 0.4) is 0 Å². The van der Waals surface area contributed by atoms with E-state index in [0.29, 0.717) is 22.9 Å². The Morgan fingerprint density at radius 1 is 1.62 bits per heavy atom. The smallest absolute Gasteiger partial charge is 0.267 e. The highest BCUT2D eigenvalue weighted by atomic mass is 32.1. The molecule has 0 spiro atoms. The van der Waals surface area contributed by atoms with Crippen molar-refractivity contribution in [1.82, 2.24) is 19.8 Å². The third-order valence-electron chi connectivity index (χ3n) is 3.59. The normalized spacial score (nSPS) is 33.1. The molecule has 5 nitrogen and oxygen atoms in total. The Balaban J connectivity index is 1.86. The lowest BCUT2D eigenvalue weighted by atomic mass is 10.0. The van der Waals surface area contributed by atoms with Crippen molar-refractivity contribution in [2.45, 2.75) is 25.4 Å². The van der Waals surface area contributed by atoms with Crippen molar-refractivity contribution in [2.24, 2.45) is 5.92 Å². The SMILES string of the molecule is CC1CC2CNCC2N1C(=O)c1cnns1. The van der Waals surface area contributed by atoms with E-state index in [9.17, 15) is 4.79 Å². The molecule has 0 saturated carbocycles. The number of carbonyl (C=O) groups is 1. The predicted octanol–water partition coefficient (Wildman–Crippen LogP) is 0.360. The number of nitrogens with one attached hydrogen (secondary N) is 1. The van der Waals surface area contributed by atoms with Gasteiger partial charge in [-0.2, -0.15) is 0 Å². The predicted molar refractivity (Wildman–Crippen MR) is 60.3 cm³/mol. The van der Waals surface area contributed by atoms with Crippen molar-refractivity contribution in [1.29, 1.82) is 0 Å². The van der Waals surface area contributed by atoms with Crippen LogP contribution in [0.2, 0.25) is 0 Å². The molecule has 1 N–H and O–H groups in total. The lowest BCUT2D eigenvalue weighted by Crippen LogP contribution is -2.42. The number of likely N-dealkylation sites (tertiary alicyclic amines) is 1. The van der Waals surface area contributed by atoms with Crippen LogP contribution in [0.1, 0.15) is 23.0 Å². The van der Waals surface area contributed by atoms with E-state index >= 15 is 0 Å². The molecule has 6 heteroatoms. The highest BCUT2D eigenvalue weighted by molar-refractivity contribution is 7.07. The zero-order valence-electron chi connectivity index (χ0n) is 9.09. The first-order valence-electron chi connectivity index (χ1n) is 5.58. The average Bonchev–Trinajstić information content (AvgIpc) is 2.89. The van der Waals surface area contributed by atoms with Crippen LogP contribution in [0.4, 0.5) is 0 Å². The van der Waals surface area contributed by atoms with Crippen molar-refractivity contribution in [3.05, 3.63) is 11.1 Å². The Hall–Kier alpha value is -1.01. The number of carbonyl (C=O) groups excluding carboxylic acids is 1. The molecule has 3 heterocycles. The van der Waals surface area contributed by atoms with Crippen LogP contribution in [0.15, 0.2) is 6.20 Å². The minimum Gasteiger partial charge on any atom is -0.331 e. The van der Waals surface area contributed by atoms with E-state index in [0.717, 1.165) is 19.5 Å². The van der Waals surface area contributed by atoms with Gasteiger partial charge in [0.1, 0.15) is 4.88 Å². The second kappa shape index (κ2) is 3.78. The van der Waals surface area contributed by atoms with Crippen molar-refractivity contribution in [2.75, 3.05) is 13.1 Å². The van der Waals surface area contributed by atoms with Crippen LogP contribution in [-0.4, -0.2) is 45.6 Å². The van der Waals surface area contributed by atoms with E-state index in [-0.39, 0.29) is 5.91 Å². The summed E-state index contributed by atoms with van der Waals surface area (Å²) in [6.45, 7) is 4.09. The lowest BCUT2D eigenvalue weighted by Gasteiger charge is -2.26. The largest absolute Gasteiger partial charge is 0.331 e. The van der Waals surface area contributed by atoms with Gasteiger partial charge in [0.15, 0.2) is 0 Å². The molecular weight excluding hydrogens is 224 g/mol. The Kier molecular flexibility index (Phi) is 2.40. The van der Waals surface area contributed by atoms with Crippen molar-refractivity contribution in [3.63, 3.8) is 0 Å². The summed E-state index contributed by atoms with van der Waals surface area (Å²) in [5, 5.41) is 7.08. The minimum atomic E-state index is 0.0960. The maximum atomic E-state index is 12.3. The highest BCUT2D eigenvalue weighted by Crippen LogP contribution is 2.33. The quantitative estimate of drug-likeness (QED) is 0.767. The molecule has 0 aliphatic carbocycles. The second-order valence-electron chi connectivity index (χ2n) is 4.56. The summed E-state index contributed by atoms with van der Waals surface area (Å²) < 4.78 is 3.75. The summed E-state index contributed by atoms with van der Waals surface area (Å²) in [6.07, 6.45) is 2.67. The second-order valence-corrected chi connectivity index (χ2v) is 5.35. The fraction of sp³-hybridized carbons (Fsp3) is 0.700. The van der Waals surface area contributed by atoms with Gasteiger partial charge in [-0.3, -0.25) is 4.79 Å². The molecule has 86 valence electrons. The molecule has 0 aromatic carbocycles. The van der Waals surface area contributed by atoms with Crippen LogP contribution in [-0.2, 0) is 0 Å². The molecule has 3 unspecified atom stereocenters. The van der Waals surface area contributed by atoms with E-state index in [4.69, 9.17) is 0 Å². The number of nitrogens with zero attached hydrogens (tertiary/aromatic N) is 3. The van der Waals surface area contributed by atoms with Gasteiger partial charge in [-0.1, -0.05) is 4.49 Å². The highest BCUT2D eigenvalue weighted by Gasteiger charge is 2.44. The van der Waals surface area contributed by atoms with Gasteiger partial charge < -0.3 is 10.2 Å². The first kappa shape index (κ1) is 10.2. The molecule has 1 aromatic rings. The van der Waals surface area contributed by atoms with Crippen molar-refractivity contribution >= 4 is 17.4 Å². The Morgan fingerprint density at radius 2 is 2.50 bits per heavy atom. The van der Waals surface area contributed by atoms with Crippen molar-refractivity contribution in [3.8, 4) is 0 Å². The van der Waals surface area contributed by atoms with Gasteiger partial charge >= 0.3 is 0 Å². The van der Waals surface area contributed by atoms with E-state index in [1.807, 2.05) is 4.90 Å². The number of hydrogen-bond acceptors (Lipinski definition) is 5. The maximum Gasteiger partial charge on any atom is 0.267 e. The summed E-state index contributed by atoms with van der Waals surface area (Å²) in [4.78, 5) is 15.0. The van der Waals surface area contributed by atoms with E-state index < -0.39 is 0 Å². The first-order chi connectivity index (χ1) is 7.77. The Bertz CT molecular complexity index is 394. The lowest BCUT2D eigenvalue weighted by molar-refractivity contribution is 0.0687. The minimum absolute atomic E-state index is 0.0960. The summed E-state index contributed by atoms with van der Waals surface area (Å²) in [5.74, 6) is 0.721. The van der Waals surface area contributed by atoms with Crippen LogP contribution < -0.4 is 5.32 Å². The molecule has 1 amide bonds. The summed E-state index contributed by atoms with van der Waals surface area (Å²) in [7, 11) is 0. The molecule has 3 rings (SSSR count).